The van der Waals surface area contributed by atoms with E-state index in [1.165, 1.54) is 6.26 Å². The Morgan fingerprint density at radius 2 is 2.00 bits per heavy atom. The smallest absolute Gasteiger partial charge is 0.452 e. The normalized spacial score (nSPS) is 23.2. The third-order valence-electron chi connectivity index (χ3n) is 4.08. The van der Waals surface area contributed by atoms with Gasteiger partial charge in [0.05, 0.1) is 6.61 Å². The third kappa shape index (κ3) is 3.16. The fourth-order valence-corrected chi connectivity index (χ4v) is 2.48. The van der Waals surface area contributed by atoms with Crippen molar-refractivity contribution >= 4 is 11.9 Å². The van der Waals surface area contributed by atoms with Crippen molar-refractivity contribution in [1.82, 2.24) is 0 Å². The fraction of sp³-hybridized carbons (Fsp3) is 0.412. The molecule has 0 spiro atoms. The topological polar surface area (TPSA) is 82.1 Å². The van der Waals surface area contributed by atoms with Gasteiger partial charge in [0, 0.05) is 6.42 Å². The second-order valence-corrected chi connectivity index (χ2v) is 5.78. The number of allylic oxidation sites excluding steroid dienone is 1. The molecule has 1 atom stereocenters. The molecule has 1 saturated carbocycles. The van der Waals surface area contributed by atoms with E-state index >= 15 is 0 Å². The minimum absolute atomic E-state index is 0.203. The molecule has 2 aliphatic rings. The number of hydrogen-bond donors (Lipinski definition) is 1. The van der Waals surface area contributed by atoms with Gasteiger partial charge in [0.25, 0.3) is 0 Å². The number of benzene rings is 1. The first-order valence-electron chi connectivity index (χ1n) is 7.60. The van der Waals surface area contributed by atoms with Crippen LogP contribution in [0.15, 0.2) is 42.4 Å². The molecule has 0 aromatic heterocycles. The lowest BCUT2D eigenvalue weighted by atomic mass is 9.86. The van der Waals surface area contributed by atoms with Crippen molar-refractivity contribution in [2.75, 3.05) is 6.61 Å². The summed E-state index contributed by atoms with van der Waals surface area (Å²) in [5, 5.41) is 9.37. The zero-order valence-electron chi connectivity index (χ0n) is 12.6. The summed E-state index contributed by atoms with van der Waals surface area (Å²) in [5.74, 6) is -4.37. The second kappa shape index (κ2) is 6.32. The summed E-state index contributed by atoms with van der Waals surface area (Å²) in [6, 6.07) is 9.36. The van der Waals surface area contributed by atoms with Crippen molar-refractivity contribution in [2.24, 2.45) is 5.92 Å². The third-order valence-corrected chi connectivity index (χ3v) is 4.08. The van der Waals surface area contributed by atoms with Gasteiger partial charge in [-0.25, -0.2) is 9.59 Å². The molecule has 1 N–H and O–H groups in total. The van der Waals surface area contributed by atoms with Crippen LogP contribution in [0.2, 0.25) is 0 Å². The van der Waals surface area contributed by atoms with Crippen LogP contribution in [0.5, 0.6) is 0 Å². The van der Waals surface area contributed by atoms with Crippen LogP contribution in [0, 0.1) is 5.92 Å². The van der Waals surface area contributed by atoms with Crippen LogP contribution >= 0.6 is 0 Å². The molecule has 1 heterocycles. The maximum atomic E-state index is 12.2. The van der Waals surface area contributed by atoms with Gasteiger partial charge in [-0.3, -0.25) is 0 Å². The summed E-state index contributed by atoms with van der Waals surface area (Å²) in [6.07, 6.45) is 4.61. The molecule has 6 heteroatoms. The van der Waals surface area contributed by atoms with Crippen LogP contribution in [0.4, 0.5) is 0 Å². The van der Waals surface area contributed by atoms with Gasteiger partial charge in [0.15, 0.2) is 0 Å². The lowest BCUT2D eigenvalue weighted by Gasteiger charge is -2.27. The predicted octanol–water partition coefficient (Wildman–Crippen LogP) is 2.24. The number of esters is 1. The largest absolute Gasteiger partial charge is 0.475 e. The van der Waals surface area contributed by atoms with Crippen LogP contribution in [-0.4, -0.2) is 29.4 Å². The zero-order valence-corrected chi connectivity index (χ0v) is 12.6. The molecule has 1 unspecified atom stereocenters. The number of carboxylic acid groups (broad SMARTS) is 1. The molecular formula is C17H18O6. The molecule has 1 aliphatic heterocycles. The standard InChI is InChI=1S/C17H18O6/c18-15(19)17(16(20)21-10-13-7-4-8-13)22-11-14(23-17)9-12-5-2-1-3-6-12/h1-3,5-6,11,13H,4,7-10H2,(H,18,19). The first-order chi connectivity index (χ1) is 11.1. The molecule has 23 heavy (non-hydrogen) atoms. The van der Waals surface area contributed by atoms with Crippen LogP contribution in [0.1, 0.15) is 24.8 Å². The van der Waals surface area contributed by atoms with Gasteiger partial charge in [-0.05, 0) is 24.3 Å². The minimum Gasteiger partial charge on any atom is -0.475 e. The summed E-state index contributed by atoms with van der Waals surface area (Å²) >= 11 is 0. The van der Waals surface area contributed by atoms with Crippen molar-refractivity contribution in [1.29, 1.82) is 0 Å². The highest BCUT2D eigenvalue weighted by molar-refractivity contribution is 6.01. The minimum atomic E-state index is -2.42. The Balaban J connectivity index is 1.63. The summed E-state index contributed by atoms with van der Waals surface area (Å²) in [5.41, 5.74) is 0.923. The number of carbonyl (C=O) groups is 2. The zero-order chi connectivity index (χ0) is 16.3. The quantitative estimate of drug-likeness (QED) is 0.640. The van der Waals surface area contributed by atoms with E-state index in [1.54, 1.807) is 0 Å². The van der Waals surface area contributed by atoms with Crippen molar-refractivity contribution < 1.29 is 28.9 Å². The Morgan fingerprint density at radius 3 is 2.61 bits per heavy atom. The highest BCUT2D eigenvalue weighted by Crippen LogP contribution is 2.31. The second-order valence-electron chi connectivity index (χ2n) is 5.78. The van der Waals surface area contributed by atoms with Gasteiger partial charge in [-0.15, -0.1) is 0 Å². The van der Waals surface area contributed by atoms with Gasteiger partial charge in [0.2, 0.25) is 0 Å². The fourth-order valence-electron chi connectivity index (χ4n) is 2.48. The van der Waals surface area contributed by atoms with Crippen LogP contribution in [-0.2, 0) is 30.2 Å². The van der Waals surface area contributed by atoms with E-state index in [0.29, 0.717) is 12.3 Å². The van der Waals surface area contributed by atoms with E-state index in [9.17, 15) is 14.7 Å². The van der Waals surface area contributed by atoms with Gasteiger partial charge in [-0.2, -0.15) is 0 Å². The molecule has 122 valence electrons. The number of hydrogen-bond acceptors (Lipinski definition) is 5. The lowest BCUT2D eigenvalue weighted by Crippen LogP contribution is -2.49. The molecule has 1 aromatic carbocycles. The number of carboxylic acids is 1. The highest BCUT2D eigenvalue weighted by atomic mass is 16.8. The lowest BCUT2D eigenvalue weighted by molar-refractivity contribution is -0.216. The van der Waals surface area contributed by atoms with Crippen molar-refractivity contribution in [3.63, 3.8) is 0 Å². The van der Waals surface area contributed by atoms with Crippen LogP contribution < -0.4 is 0 Å². The average Bonchev–Trinajstić information content (AvgIpc) is 2.92. The molecule has 1 aliphatic carbocycles. The summed E-state index contributed by atoms with van der Waals surface area (Å²) in [7, 11) is 0. The number of carbonyl (C=O) groups excluding carboxylic acids is 1. The van der Waals surface area contributed by atoms with Gasteiger partial charge >= 0.3 is 17.7 Å². The van der Waals surface area contributed by atoms with Crippen LogP contribution in [0.25, 0.3) is 0 Å². The average molecular weight is 318 g/mol. The Hall–Kier alpha value is -2.50. The predicted molar refractivity (Wildman–Crippen MR) is 79.1 cm³/mol. The van der Waals surface area contributed by atoms with Gasteiger partial charge < -0.3 is 19.3 Å². The van der Waals surface area contributed by atoms with E-state index in [4.69, 9.17) is 14.2 Å². The first-order valence-corrected chi connectivity index (χ1v) is 7.60. The molecule has 0 bridgehead atoms. The molecule has 1 fully saturated rings. The summed E-state index contributed by atoms with van der Waals surface area (Å²) in [6.45, 7) is 0.203. The maximum absolute atomic E-state index is 12.2. The molecule has 3 rings (SSSR count). The Kier molecular flexibility index (Phi) is 4.23. The molecule has 0 radical (unpaired) electrons. The van der Waals surface area contributed by atoms with E-state index in [0.717, 1.165) is 24.8 Å². The van der Waals surface area contributed by atoms with Crippen molar-refractivity contribution in [3.8, 4) is 0 Å². The number of ether oxygens (including phenoxy) is 3. The molecule has 0 saturated heterocycles. The Labute approximate surface area is 133 Å². The van der Waals surface area contributed by atoms with E-state index in [2.05, 4.69) is 0 Å². The van der Waals surface area contributed by atoms with Crippen LogP contribution in [0.3, 0.4) is 0 Å². The Morgan fingerprint density at radius 1 is 1.26 bits per heavy atom. The van der Waals surface area contributed by atoms with Crippen molar-refractivity contribution in [2.45, 2.75) is 31.5 Å². The monoisotopic (exact) mass is 318 g/mol. The SMILES string of the molecule is O=C(O)C1(C(=O)OCC2CCC2)OC=C(Cc2ccccc2)O1. The van der Waals surface area contributed by atoms with E-state index < -0.39 is 17.7 Å². The van der Waals surface area contributed by atoms with E-state index in [1.807, 2.05) is 30.3 Å². The molecule has 6 nitrogen and oxygen atoms in total. The highest BCUT2D eigenvalue weighted by Gasteiger charge is 2.57. The molecule has 0 amide bonds. The van der Waals surface area contributed by atoms with E-state index in [-0.39, 0.29) is 12.4 Å². The number of rotatable bonds is 6. The molecular weight excluding hydrogens is 300 g/mol. The maximum Gasteiger partial charge on any atom is 0.452 e. The van der Waals surface area contributed by atoms with Gasteiger partial charge in [-0.1, -0.05) is 36.8 Å². The van der Waals surface area contributed by atoms with Crippen molar-refractivity contribution in [3.05, 3.63) is 47.9 Å². The first kappa shape index (κ1) is 15.4. The number of aliphatic carboxylic acids is 1. The van der Waals surface area contributed by atoms with Gasteiger partial charge in [0.1, 0.15) is 12.0 Å². The molecule has 1 aromatic rings. The Bertz CT molecular complexity index is 619. The summed E-state index contributed by atoms with van der Waals surface area (Å²) in [4.78, 5) is 23.7. The summed E-state index contributed by atoms with van der Waals surface area (Å²) < 4.78 is 15.5.